The van der Waals surface area contributed by atoms with Crippen LogP contribution in [0.4, 0.5) is 13.2 Å². The van der Waals surface area contributed by atoms with Crippen molar-refractivity contribution in [1.82, 2.24) is 5.32 Å². The maximum absolute atomic E-state index is 12.5. The maximum Gasteiger partial charge on any atom is 0.400 e. The lowest BCUT2D eigenvalue weighted by Crippen LogP contribution is -2.50. The van der Waals surface area contributed by atoms with Gasteiger partial charge in [0.25, 0.3) is 0 Å². The first-order valence-electron chi connectivity index (χ1n) is 5.18. The summed E-state index contributed by atoms with van der Waals surface area (Å²) in [5.41, 5.74) is 5.02. The normalized spacial score (nSPS) is 27.6. The molecule has 4 N–H and O–H groups in total. The van der Waals surface area contributed by atoms with E-state index in [9.17, 15) is 13.2 Å². The van der Waals surface area contributed by atoms with Crippen molar-refractivity contribution in [2.75, 3.05) is 13.7 Å². The Kier molecular flexibility index (Phi) is 4.58. The Bertz CT molecular complexity index is 277. The maximum atomic E-state index is 12.5. The number of ether oxygens (including phenoxy) is 1. The molecular weight excluding hydrogens is 239 g/mol. The van der Waals surface area contributed by atoms with Crippen molar-refractivity contribution < 1.29 is 23.1 Å². The average molecular weight is 255 g/mol. The summed E-state index contributed by atoms with van der Waals surface area (Å²) in [6, 6.07) is -0.00343. The number of hydrogen-bond donors (Lipinski definition) is 3. The van der Waals surface area contributed by atoms with Gasteiger partial charge in [-0.3, -0.25) is 0 Å². The van der Waals surface area contributed by atoms with Gasteiger partial charge in [0.2, 0.25) is 0 Å². The van der Waals surface area contributed by atoms with Crippen LogP contribution in [0.25, 0.3) is 0 Å². The van der Waals surface area contributed by atoms with E-state index in [2.05, 4.69) is 10.5 Å². The summed E-state index contributed by atoms with van der Waals surface area (Å²) >= 11 is 0. The molecule has 1 atom stereocenters. The van der Waals surface area contributed by atoms with Gasteiger partial charge in [-0.2, -0.15) is 13.2 Å². The highest BCUT2D eigenvalue weighted by Crippen LogP contribution is 2.27. The van der Waals surface area contributed by atoms with E-state index in [-0.39, 0.29) is 18.7 Å². The fraction of sp³-hybridized carbons (Fsp3) is 0.889. The molecule has 0 aromatic heterocycles. The van der Waals surface area contributed by atoms with E-state index in [1.54, 1.807) is 7.11 Å². The predicted octanol–water partition coefficient (Wildman–Crippen LogP) is 0.678. The highest BCUT2D eigenvalue weighted by atomic mass is 19.4. The van der Waals surface area contributed by atoms with Crippen molar-refractivity contribution in [3.63, 3.8) is 0 Å². The molecule has 1 saturated carbocycles. The van der Waals surface area contributed by atoms with E-state index in [0.29, 0.717) is 12.8 Å². The Balaban J connectivity index is 2.41. The average Bonchev–Trinajstić information content (AvgIpc) is 2.18. The highest BCUT2D eigenvalue weighted by Gasteiger charge is 2.43. The molecule has 0 amide bonds. The van der Waals surface area contributed by atoms with E-state index < -0.39 is 17.9 Å². The van der Waals surface area contributed by atoms with E-state index >= 15 is 0 Å². The number of rotatable bonds is 5. The Morgan fingerprint density at radius 2 is 2.18 bits per heavy atom. The lowest BCUT2D eigenvalue weighted by molar-refractivity contribution is -0.155. The monoisotopic (exact) mass is 255 g/mol. The molecule has 1 rings (SSSR count). The Hall–Kier alpha value is -1.02. The van der Waals surface area contributed by atoms with Gasteiger partial charge in [0, 0.05) is 19.7 Å². The van der Waals surface area contributed by atoms with Crippen LogP contribution < -0.4 is 11.1 Å². The molecule has 1 aliphatic carbocycles. The Morgan fingerprint density at radius 1 is 1.59 bits per heavy atom. The van der Waals surface area contributed by atoms with Crippen molar-refractivity contribution in [1.29, 1.82) is 0 Å². The zero-order chi connectivity index (χ0) is 13.1. The number of methoxy groups -OCH3 is 1. The van der Waals surface area contributed by atoms with Gasteiger partial charge in [0.1, 0.15) is 5.92 Å². The van der Waals surface area contributed by atoms with E-state index in [1.807, 2.05) is 0 Å². The molecule has 1 unspecified atom stereocenters. The fourth-order valence-electron chi connectivity index (χ4n) is 1.67. The third-order valence-electron chi connectivity index (χ3n) is 2.91. The zero-order valence-corrected chi connectivity index (χ0v) is 9.37. The fourth-order valence-corrected chi connectivity index (χ4v) is 1.67. The summed E-state index contributed by atoms with van der Waals surface area (Å²) < 4.78 is 42.6. The van der Waals surface area contributed by atoms with Gasteiger partial charge in [-0.25, -0.2) is 0 Å². The minimum atomic E-state index is -4.52. The van der Waals surface area contributed by atoms with E-state index in [0.717, 1.165) is 0 Å². The second-order valence-corrected chi connectivity index (χ2v) is 4.05. The number of alkyl halides is 3. The molecule has 1 fully saturated rings. The molecule has 0 heterocycles. The molecule has 0 aliphatic heterocycles. The van der Waals surface area contributed by atoms with Gasteiger partial charge < -0.3 is 21.0 Å². The quantitative estimate of drug-likeness (QED) is 0.292. The van der Waals surface area contributed by atoms with Gasteiger partial charge in [-0.1, -0.05) is 5.16 Å². The van der Waals surface area contributed by atoms with E-state index in [4.69, 9.17) is 15.7 Å². The summed E-state index contributed by atoms with van der Waals surface area (Å²) in [7, 11) is 1.57. The van der Waals surface area contributed by atoms with Crippen molar-refractivity contribution in [2.24, 2.45) is 16.8 Å². The molecule has 0 bridgehead atoms. The molecule has 100 valence electrons. The number of halogens is 3. The molecule has 8 heteroatoms. The second kappa shape index (κ2) is 5.54. The summed E-state index contributed by atoms with van der Waals surface area (Å²) in [5, 5.41) is 13.5. The van der Waals surface area contributed by atoms with Crippen molar-refractivity contribution in [3.05, 3.63) is 0 Å². The lowest BCUT2D eigenvalue weighted by Gasteiger charge is -2.35. The second-order valence-electron chi connectivity index (χ2n) is 4.05. The van der Waals surface area contributed by atoms with Gasteiger partial charge in [-0.15, -0.1) is 0 Å². The molecule has 0 spiro atoms. The smallest absolute Gasteiger partial charge is 0.400 e. The first-order chi connectivity index (χ1) is 7.88. The van der Waals surface area contributed by atoms with Crippen LogP contribution in [0.1, 0.15) is 12.8 Å². The van der Waals surface area contributed by atoms with Crippen LogP contribution in [-0.2, 0) is 4.74 Å². The summed E-state index contributed by atoms with van der Waals surface area (Å²) in [6.07, 6.45) is -3.05. The number of nitrogens with one attached hydrogen (secondary N) is 1. The van der Waals surface area contributed by atoms with Crippen molar-refractivity contribution in [3.8, 4) is 0 Å². The number of hydrogen-bond acceptors (Lipinski definition) is 4. The molecule has 5 nitrogen and oxygen atoms in total. The number of oxime groups is 1. The molecule has 0 aromatic rings. The largest absolute Gasteiger partial charge is 0.409 e. The van der Waals surface area contributed by atoms with Crippen LogP contribution in [-0.4, -0.2) is 43.0 Å². The van der Waals surface area contributed by atoms with Gasteiger partial charge in [0.05, 0.1) is 6.10 Å². The van der Waals surface area contributed by atoms with E-state index in [1.165, 1.54) is 0 Å². The minimum Gasteiger partial charge on any atom is -0.409 e. The van der Waals surface area contributed by atoms with Crippen LogP contribution in [0.2, 0.25) is 0 Å². The number of nitrogens with zero attached hydrogens (tertiary/aromatic N) is 1. The lowest BCUT2D eigenvalue weighted by atomic mass is 9.89. The third kappa shape index (κ3) is 3.74. The predicted molar refractivity (Wildman–Crippen MR) is 54.8 cm³/mol. The number of amidine groups is 1. The first kappa shape index (κ1) is 14.0. The summed E-state index contributed by atoms with van der Waals surface area (Å²) in [5.74, 6) is -2.79. The standard InChI is InChI=1S/C9H16F3N3O2/c1-17-6-2-5(3-6)14-4-7(8(13)15-16)9(10,11)12/h5-7,14,16H,2-4H2,1H3,(H2,13,15). The van der Waals surface area contributed by atoms with Crippen LogP contribution in [0, 0.1) is 5.92 Å². The summed E-state index contributed by atoms with van der Waals surface area (Å²) in [6.45, 7) is -0.388. The number of nitrogens with two attached hydrogens (primary N) is 1. The van der Waals surface area contributed by atoms with Gasteiger partial charge >= 0.3 is 6.18 Å². The highest BCUT2D eigenvalue weighted by molar-refractivity contribution is 5.83. The first-order valence-corrected chi connectivity index (χ1v) is 5.18. The van der Waals surface area contributed by atoms with Crippen molar-refractivity contribution in [2.45, 2.75) is 31.2 Å². The van der Waals surface area contributed by atoms with Gasteiger partial charge in [0.15, 0.2) is 5.84 Å². The Labute approximate surface area is 96.8 Å². The van der Waals surface area contributed by atoms with Crippen LogP contribution >= 0.6 is 0 Å². The van der Waals surface area contributed by atoms with Crippen LogP contribution in [0.15, 0.2) is 5.16 Å². The van der Waals surface area contributed by atoms with Crippen LogP contribution in [0.3, 0.4) is 0 Å². The van der Waals surface area contributed by atoms with Crippen molar-refractivity contribution >= 4 is 5.84 Å². The molecule has 0 aromatic carbocycles. The molecular formula is C9H16F3N3O2. The third-order valence-corrected chi connectivity index (χ3v) is 2.91. The molecule has 1 aliphatic rings. The summed E-state index contributed by atoms with van der Waals surface area (Å²) in [4.78, 5) is 0. The zero-order valence-electron chi connectivity index (χ0n) is 9.37. The SMILES string of the molecule is COC1CC(NCC(C(N)=NO)C(F)(F)F)C1. The van der Waals surface area contributed by atoms with Crippen LogP contribution in [0.5, 0.6) is 0 Å². The molecule has 0 radical (unpaired) electrons. The minimum absolute atomic E-state index is 0.00343. The Morgan fingerprint density at radius 3 is 2.59 bits per heavy atom. The topological polar surface area (TPSA) is 79.9 Å². The molecule has 0 saturated heterocycles. The van der Waals surface area contributed by atoms with Gasteiger partial charge in [-0.05, 0) is 12.8 Å². The molecule has 17 heavy (non-hydrogen) atoms.